The summed E-state index contributed by atoms with van der Waals surface area (Å²) in [5.41, 5.74) is 0. The Bertz CT molecular complexity index is 177. The third-order valence-corrected chi connectivity index (χ3v) is 1.08. The maximum Gasteiger partial charge on any atom is 0.398 e. The maximum absolute atomic E-state index is 9.97. The lowest BCUT2D eigenvalue weighted by atomic mass is 10.3. The van der Waals surface area contributed by atoms with Crippen molar-refractivity contribution in [3.63, 3.8) is 0 Å². The Kier molecular flexibility index (Phi) is 4.89. The lowest BCUT2D eigenvalue weighted by Gasteiger charge is -1.88. The van der Waals surface area contributed by atoms with E-state index in [-0.39, 0.29) is 6.29 Å². The third kappa shape index (κ3) is 4.19. The van der Waals surface area contributed by atoms with E-state index < -0.39 is 10.8 Å². The molecule has 0 aromatic carbocycles. The second kappa shape index (κ2) is 5.52. The van der Waals surface area contributed by atoms with Gasteiger partial charge in [-0.2, -0.15) is 0 Å². The molecule has 0 radical (unpaired) electrons. The second-order valence-corrected chi connectivity index (χ2v) is 1.97. The molecular formula is C6H10N2O3. The van der Waals surface area contributed by atoms with Gasteiger partial charge in [-0.3, -0.25) is 4.79 Å². The number of aldehydes is 1. The summed E-state index contributed by atoms with van der Waals surface area (Å²) in [5, 5.41) is 9.97. The van der Waals surface area contributed by atoms with E-state index in [1.54, 1.807) is 0 Å². The number of unbranched alkanes of at least 4 members (excludes halogenated alkanes) is 1. The standard InChI is InChI=1S/C6H10N2O3/c1-2-3-4-7-6(5-9)8(10)11/h5H,2-4H2,1H3. The van der Waals surface area contributed by atoms with Crippen LogP contribution in [0.15, 0.2) is 4.99 Å². The number of hydrogen-bond acceptors (Lipinski definition) is 4. The highest BCUT2D eigenvalue weighted by atomic mass is 16.6. The molecule has 0 rings (SSSR count). The summed E-state index contributed by atoms with van der Waals surface area (Å²) in [5.74, 6) is -0.585. The van der Waals surface area contributed by atoms with Gasteiger partial charge in [0.25, 0.3) is 0 Å². The summed E-state index contributed by atoms with van der Waals surface area (Å²) in [4.78, 5) is 22.6. The second-order valence-electron chi connectivity index (χ2n) is 1.97. The van der Waals surface area contributed by atoms with Crippen LogP contribution in [0.1, 0.15) is 19.8 Å². The highest BCUT2D eigenvalue weighted by molar-refractivity contribution is 6.22. The van der Waals surface area contributed by atoms with Crippen molar-refractivity contribution in [3.05, 3.63) is 10.1 Å². The van der Waals surface area contributed by atoms with Crippen LogP contribution in [0.5, 0.6) is 0 Å². The molecule has 0 saturated carbocycles. The zero-order valence-electron chi connectivity index (χ0n) is 6.32. The van der Waals surface area contributed by atoms with Crippen molar-refractivity contribution in [3.8, 4) is 0 Å². The Morgan fingerprint density at radius 2 is 2.36 bits per heavy atom. The molecule has 0 amide bonds. The Balaban J connectivity index is 3.91. The Hall–Kier alpha value is -1.26. The van der Waals surface area contributed by atoms with Crippen LogP contribution >= 0.6 is 0 Å². The number of aliphatic imine (C=N–C) groups is 1. The molecule has 0 unspecified atom stereocenters. The molecule has 11 heavy (non-hydrogen) atoms. The van der Waals surface area contributed by atoms with Crippen LogP contribution in [0.3, 0.4) is 0 Å². The zero-order chi connectivity index (χ0) is 8.69. The van der Waals surface area contributed by atoms with E-state index in [9.17, 15) is 14.9 Å². The van der Waals surface area contributed by atoms with Crippen LogP contribution in [-0.4, -0.2) is 23.6 Å². The Morgan fingerprint density at radius 3 is 2.73 bits per heavy atom. The molecule has 0 aromatic heterocycles. The van der Waals surface area contributed by atoms with Crippen LogP contribution in [0.2, 0.25) is 0 Å². The molecule has 5 nitrogen and oxygen atoms in total. The number of nitrogens with zero attached hydrogens (tertiary/aromatic N) is 2. The number of hydrogen-bond donors (Lipinski definition) is 0. The Morgan fingerprint density at radius 1 is 1.73 bits per heavy atom. The monoisotopic (exact) mass is 158 g/mol. The van der Waals surface area contributed by atoms with Gasteiger partial charge in [0.05, 0.1) is 0 Å². The van der Waals surface area contributed by atoms with Crippen LogP contribution in [0.4, 0.5) is 0 Å². The van der Waals surface area contributed by atoms with Crippen molar-refractivity contribution in [2.75, 3.05) is 6.54 Å². The highest BCUT2D eigenvalue weighted by Gasteiger charge is 2.07. The van der Waals surface area contributed by atoms with Crippen LogP contribution in [0.25, 0.3) is 0 Å². The van der Waals surface area contributed by atoms with Gasteiger partial charge in [0, 0.05) is 0 Å². The van der Waals surface area contributed by atoms with Gasteiger partial charge in [-0.05, 0) is 11.3 Å². The zero-order valence-corrected chi connectivity index (χ0v) is 6.32. The first kappa shape index (κ1) is 9.74. The summed E-state index contributed by atoms with van der Waals surface area (Å²) in [7, 11) is 0. The van der Waals surface area contributed by atoms with E-state index in [1.165, 1.54) is 0 Å². The molecule has 0 atom stereocenters. The number of nitro groups is 1. The van der Waals surface area contributed by atoms with E-state index in [0.29, 0.717) is 6.54 Å². The van der Waals surface area contributed by atoms with Gasteiger partial charge in [0.15, 0.2) is 0 Å². The van der Waals surface area contributed by atoms with Gasteiger partial charge >= 0.3 is 5.84 Å². The molecule has 0 bridgehead atoms. The predicted octanol–water partition coefficient (Wildman–Crippen LogP) is 0.661. The first-order valence-corrected chi connectivity index (χ1v) is 3.36. The SMILES string of the molecule is CCCCN=C(C=O)[N+](=O)[O-]. The molecule has 5 heteroatoms. The maximum atomic E-state index is 9.97. The van der Waals surface area contributed by atoms with E-state index in [0.717, 1.165) is 12.8 Å². The van der Waals surface area contributed by atoms with Crippen molar-refractivity contribution >= 4 is 12.1 Å². The third-order valence-electron chi connectivity index (χ3n) is 1.08. The molecule has 0 spiro atoms. The molecule has 0 aliphatic heterocycles. The molecule has 0 aliphatic carbocycles. The van der Waals surface area contributed by atoms with Gasteiger partial charge in [0.1, 0.15) is 6.54 Å². The van der Waals surface area contributed by atoms with Gasteiger partial charge < -0.3 is 10.1 Å². The molecular weight excluding hydrogens is 148 g/mol. The fraction of sp³-hybridized carbons (Fsp3) is 0.667. The van der Waals surface area contributed by atoms with Gasteiger partial charge in [-0.25, -0.2) is 0 Å². The predicted molar refractivity (Wildman–Crippen MR) is 40.3 cm³/mol. The smallest absolute Gasteiger partial charge is 0.358 e. The molecule has 0 heterocycles. The van der Waals surface area contributed by atoms with Crippen LogP contribution < -0.4 is 0 Å². The quantitative estimate of drug-likeness (QED) is 0.151. The van der Waals surface area contributed by atoms with Crippen LogP contribution in [0, 0.1) is 10.1 Å². The van der Waals surface area contributed by atoms with Crippen molar-refractivity contribution in [2.24, 2.45) is 4.99 Å². The normalized spacial score (nSPS) is 11.2. The number of rotatable bonds is 4. The summed E-state index contributed by atoms with van der Waals surface area (Å²) >= 11 is 0. The fourth-order valence-corrected chi connectivity index (χ4v) is 0.490. The van der Waals surface area contributed by atoms with Gasteiger partial charge in [0.2, 0.25) is 6.29 Å². The first-order chi connectivity index (χ1) is 5.22. The molecule has 62 valence electrons. The summed E-state index contributed by atoms with van der Waals surface area (Å²) in [6.07, 6.45) is 1.84. The number of amidine groups is 1. The number of carbonyl (C=O) groups is 1. The van der Waals surface area contributed by atoms with Gasteiger partial charge in [-0.15, -0.1) is 0 Å². The Labute approximate surface area is 64.3 Å². The average molecular weight is 158 g/mol. The largest absolute Gasteiger partial charge is 0.398 e. The van der Waals surface area contributed by atoms with Gasteiger partial charge in [-0.1, -0.05) is 18.3 Å². The minimum Gasteiger partial charge on any atom is -0.358 e. The highest BCUT2D eigenvalue weighted by Crippen LogP contribution is 1.87. The first-order valence-electron chi connectivity index (χ1n) is 3.36. The van der Waals surface area contributed by atoms with Crippen molar-refractivity contribution < 1.29 is 9.72 Å². The fourth-order valence-electron chi connectivity index (χ4n) is 0.490. The van der Waals surface area contributed by atoms with E-state index in [4.69, 9.17) is 0 Å². The van der Waals surface area contributed by atoms with Crippen LogP contribution in [-0.2, 0) is 4.79 Å². The van der Waals surface area contributed by atoms with Crippen molar-refractivity contribution in [1.82, 2.24) is 0 Å². The molecule has 0 aromatic rings. The summed E-state index contributed by atoms with van der Waals surface area (Å²) in [6.45, 7) is 2.30. The topological polar surface area (TPSA) is 72.6 Å². The van der Waals surface area contributed by atoms with E-state index >= 15 is 0 Å². The minimum atomic E-state index is -0.775. The summed E-state index contributed by atoms with van der Waals surface area (Å²) < 4.78 is 0. The van der Waals surface area contributed by atoms with E-state index in [1.807, 2.05) is 6.92 Å². The lowest BCUT2D eigenvalue weighted by Crippen LogP contribution is -2.13. The van der Waals surface area contributed by atoms with E-state index in [2.05, 4.69) is 4.99 Å². The van der Waals surface area contributed by atoms with Crippen molar-refractivity contribution in [1.29, 1.82) is 0 Å². The molecule has 0 fully saturated rings. The minimum absolute atomic E-state index is 0.162. The average Bonchev–Trinajstić information content (AvgIpc) is 1.97. The summed E-state index contributed by atoms with van der Waals surface area (Å²) in [6, 6.07) is 0. The lowest BCUT2D eigenvalue weighted by molar-refractivity contribution is -0.348. The molecule has 0 aliphatic rings. The van der Waals surface area contributed by atoms with Crippen molar-refractivity contribution in [2.45, 2.75) is 19.8 Å². The number of carbonyl (C=O) groups excluding carboxylic acids is 1. The molecule has 0 saturated heterocycles. The molecule has 0 N–H and O–H groups in total.